The molecule has 0 N–H and O–H groups in total. The summed E-state index contributed by atoms with van der Waals surface area (Å²) in [6.07, 6.45) is -0.793. The van der Waals surface area contributed by atoms with Crippen molar-refractivity contribution in [2.24, 2.45) is 10.8 Å². The number of allylic oxidation sites excluding steroid dienone is 1. The summed E-state index contributed by atoms with van der Waals surface area (Å²) in [5.74, 6) is -0.862. The van der Waals surface area contributed by atoms with E-state index in [2.05, 4.69) is 20.4 Å². The molecule has 1 aliphatic heterocycles. The maximum atomic E-state index is 11.8. The Morgan fingerprint density at radius 2 is 1.75 bits per heavy atom. The van der Waals surface area contributed by atoms with Crippen LogP contribution >= 0.6 is 0 Å². The fraction of sp³-hybridized carbons (Fsp3) is 0.789. The zero-order valence-electron chi connectivity index (χ0n) is 16.3. The Morgan fingerprint density at radius 1 is 1.21 bits per heavy atom. The third-order valence-electron chi connectivity index (χ3n) is 5.32. The lowest BCUT2D eigenvalue weighted by Crippen LogP contribution is -2.60. The van der Waals surface area contributed by atoms with E-state index >= 15 is 0 Å². The molecule has 5 heteroatoms. The summed E-state index contributed by atoms with van der Waals surface area (Å²) < 4.78 is 17.5. The van der Waals surface area contributed by atoms with E-state index in [1.807, 2.05) is 34.6 Å². The molecule has 0 aromatic carbocycles. The summed E-state index contributed by atoms with van der Waals surface area (Å²) in [6.45, 7) is 19.4. The summed E-state index contributed by atoms with van der Waals surface area (Å²) in [7, 11) is 0. The lowest BCUT2D eigenvalue weighted by molar-refractivity contribution is -0.352. The van der Waals surface area contributed by atoms with Gasteiger partial charge in [0.15, 0.2) is 12.1 Å². The monoisotopic (exact) mass is 340 g/mol. The van der Waals surface area contributed by atoms with Crippen LogP contribution < -0.4 is 0 Å². The van der Waals surface area contributed by atoms with Crippen molar-refractivity contribution in [3.63, 3.8) is 0 Å². The fourth-order valence-electron chi connectivity index (χ4n) is 2.30. The van der Waals surface area contributed by atoms with E-state index < -0.39 is 17.7 Å². The van der Waals surface area contributed by atoms with Gasteiger partial charge in [0.2, 0.25) is 0 Å². The highest BCUT2D eigenvalue weighted by Crippen LogP contribution is 2.46. The van der Waals surface area contributed by atoms with E-state index in [0.29, 0.717) is 5.57 Å². The highest BCUT2D eigenvalue weighted by molar-refractivity contribution is 6.04. The van der Waals surface area contributed by atoms with E-state index in [4.69, 9.17) is 14.2 Å². The highest BCUT2D eigenvalue weighted by Gasteiger charge is 2.52. The van der Waals surface area contributed by atoms with Crippen LogP contribution in [0.1, 0.15) is 61.8 Å². The van der Waals surface area contributed by atoms with Gasteiger partial charge in [-0.15, -0.1) is 0 Å². The number of rotatable bonds is 6. The minimum Gasteiger partial charge on any atom is -0.465 e. The fourth-order valence-corrected chi connectivity index (χ4v) is 2.30. The van der Waals surface area contributed by atoms with E-state index in [-0.39, 0.29) is 35.9 Å². The summed E-state index contributed by atoms with van der Waals surface area (Å²) >= 11 is 0. The Morgan fingerprint density at radius 3 is 2.21 bits per heavy atom. The Balaban J connectivity index is 2.70. The van der Waals surface area contributed by atoms with Crippen molar-refractivity contribution in [1.29, 1.82) is 0 Å². The van der Waals surface area contributed by atoms with Crippen LogP contribution in [0.2, 0.25) is 0 Å². The Bertz CT molecular complexity index is 516. The van der Waals surface area contributed by atoms with Gasteiger partial charge in [0.1, 0.15) is 13.0 Å². The van der Waals surface area contributed by atoms with E-state index in [1.54, 1.807) is 6.92 Å². The number of ether oxygens (including phenoxy) is 3. The van der Waals surface area contributed by atoms with Gasteiger partial charge in [-0.25, -0.2) is 0 Å². The number of esters is 1. The van der Waals surface area contributed by atoms with Gasteiger partial charge in [0, 0.05) is 10.8 Å². The van der Waals surface area contributed by atoms with Crippen molar-refractivity contribution in [3.05, 3.63) is 12.2 Å². The van der Waals surface area contributed by atoms with Crippen LogP contribution in [0.3, 0.4) is 0 Å². The SMILES string of the molecule is C=C(C)C(=O)CC(=O)OCC(C)(C)C1OC(C)C(C)(C)C(C)(C)O1. The Kier molecular flexibility index (Phi) is 6.05. The quantitative estimate of drug-likeness (QED) is 0.419. The minimum atomic E-state index is -0.556. The highest BCUT2D eigenvalue weighted by atomic mass is 16.7. The van der Waals surface area contributed by atoms with Gasteiger partial charge in [-0.3, -0.25) is 9.59 Å². The molecular formula is C19H32O5. The zero-order valence-corrected chi connectivity index (χ0v) is 16.3. The molecule has 1 aliphatic rings. The van der Waals surface area contributed by atoms with Crippen LogP contribution in [0, 0.1) is 10.8 Å². The predicted octanol–water partition coefficient (Wildman–Crippen LogP) is 3.66. The summed E-state index contributed by atoms with van der Waals surface area (Å²) in [5.41, 5.74) is -0.719. The molecule has 5 nitrogen and oxygen atoms in total. The molecule has 0 amide bonds. The minimum absolute atomic E-state index is 0.00813. The largest absolute Gasteiger partial charge is 0.465 e. The van der Waals surface area contributed by atoms with E-state index in [9.17, 15) is 9.59 Å². The molecule has 0 aliphatic carbocycles. The first-order valence-electron chi connectivity index (χ1n) is 8.38. The summed E-state index contributed by atoms with van der Waals surface area (Å²) in [6, 6.07) is 0. The van der Waals surface area contributed by atoms with E-state index in [1.165, 1.54) is 0 Å². The summed E-state index contributed by atoms with van der Waals surface area (Å²) in [4.78, 5) is 23.3. The molecule has 1 rings (SSSR count). The molecule has 2 unspecified atom stereocenters. The molecule has 0 radical (unpaired) electrons. The maximum absolute atomic E-state index is 11.8. The molecular weight excluding hydrogens is 308 g/mol. The van der Waals surface area contributed by atoms with Crippen LogP contribution in [-0.2, 0) is 23.8 Å². The van der Waals surface area contributed by atoms with Gasteiger partial charge in [-0.1, -0.05) is 34.3 Å². The van der Waals surface area contributed by atoms with Crippen molar-refractivity contribution >= 4 is 11.8 Å². The average molecular weight is 340 g/mol. The molecule has 0 spiro atoms. The lowest BCUT2D eigenvalue weighted by atomic mass is 9.71. The van der Waals surface area contributed by atoms with Gasteiger partial charge in [0.25, 0.3) is 0 Å². The Labute approximate surface area is 145 Å². The number of ketones is 1. The number of carbonyl (C=O) groups excluding carboxylic acids is 2. The van der Waals surface area contributed by atoms with Gasteiger partial charge >= 0.3 is 5.97 Å². The van der Waals surface area contributed by atoms with Crippen LogP contribution in [0.15, 0.2) is 12.2 Å². The third kappa shape index (κ3) is 4.45. The maximum Gasteiger partial charge on any atom is 0.313 e. The standard InChI is InChI=1S/C19H32O5/c1-12(2)14(20)10-15(21)22-11-17(4,5)16-23-13(3)18(6,7)19(8,9)24-16/h13,16H,1,10-11H2,2-9H3. The van der Waals surface area contributed by atoms with Gasteiger partial charge in [0.05, 0.1) is 11.7 Å². The van der Waals surface area contributed by atoms with Crippen LogP contribution in [0.5, 0.6) is 0 Å². The van der Waals surface area contributed by atoms with Crippen LogP contribution in [0.25, 0.3) is 0 Å². The van der Waals surface area contributed by atoms with Crippen molar-refractivity contribution in [3.8, 4) is 0 Å². The lowest BCUT2D eigenvalue weighted by Gasteiger charge is -2.54. The first-order chi connectivity index (χ1) is 10.7. The second kappa shape index (κ2) is 6.96. The Hall–Kier alpha value is -1.20. The molecule has 0 saturated carbocycles. The zero-order chi connectivity index (χ0) is 18.9. The first-order valence-corrected chi connectivity index (χ1v) is 8.38. The van der Waals surface area contributed by atoms with Crippen molar-refractivity contribution < 1.29 is 23.8 Å². The van der Waals surface area contributed by atoms with Gasteiger partial charge in [-0.05, 0) is 33.3 Å². The topological polar surface area (TPSA) is 61.8 Å². The predicted molar refractivity (Wildman–Crippen MR) is 92.5 cm³/mol. The number of carbonyl (C=O) groups is 2. The van der Waals surface area contributed by atoms with Gasteiger partial charge < -0.3 is 14.2 Å². The van der Waals surface area contributed by atoms with Crippen molar-refractivity contribution in [2.75, 3.05) is 6.61 Å². The van der Waals surface area contributed by atoms with Crippen molar-refractivity contribution in [2.45, 2.75) is 79.8 Å². The first kappa shape index (κ1) is 20.8. The average Bonchev–Trinajstić information content (AvgIpc) is 2.42. The molecule has 0 aromatic heterocycles. The van der Waals surface area contributed by atoms with E-state index in [0.717, 1.165) is 0 Å². The molecule has 24 heavy (non-hydrogen) atoms. The van der Waals surface area contributed by atoms with Crippen molar-refractivity contribution in [1.82, 2.24) is 0 Å². The normalized spacial score (nSPS) is 25.8. The third-order valence-corrected chi connectivity index (χ3v) is 5.32. The molecule has 0 bridgehead atoms. The number of hydrogen-bond acceptors (Lipinski definition) is 5. The second-order valence-electron chi connectivity index (χ2n) is 8.49. The number of Topliss-reactive ketones (excluding diaryl/α,β-unsaturated/α-hetero) is 1. The molecule has 1 fully saturated rings. The van der Waals surface area contributed by atoms with Crippen LogP contribution in [0.4, 0.5) is 0 Å². The molecule has 1 saturated heterocycles. The van der Waals surface area contributed by atoms with Gasteiger partial charge in [-0.2, -0.15) is 0 Å². The number of hydrogen-bond donors (Lipinski definition) is 0. The summed E-state index contributed by atoms with van der Waals surface area (Å²) in [5, 5.41) is 0. The second-order valence-corrected chi connectivity index (χ2v) is 8.49. The molecule has 138 valence electrons. The van der Waals surface area contributed by atoms with Crippen LogP contribution in [-0.4, -0.2) is 36.4 Å². The smallest absolute Gasteiger partial charge is 0.313 e. The molecule has 1 heterocycles. The molecule has 0 aromatic rings. The molecule has 2 atom stereocenters.